The van der Waals surface area contributed by atoms with Gasteiger partial charge in [0, 0.05) is 16.1 Å². The van der Waals surface area contributed by atoms with Gasteiger partial charge < -0.3 is 5.11 Å². The molecule has 2 aromatic carbocycles. The molecule has 0 heterocycles. The number of halogens is 1. The van der Waals surface area contributed by atoms with Crippen LogP contribution in [0.4, 0.5) is 0 Å². The lowest BCUT2D eigenvalue weighted by Gasteiger charge is -2.23. The van der Waals surface area contributed by atoms with Crippen molar-refractivity contribution in [3.8, 4) is 0 Å². The summed E-state index contributed by atoms with van der Waals surface area (Å²) < 4.78 is 0. The van der Waals surface area contributed by atoms with Gasteiger partial charge in [-0.2, -0.15) is 4.89 Å². The third-order valence-corrected chi connectivity index (χ3v) is 2.96. The molecule has 19 heavy (non-hydrogen) atoms. The Morgan fingerprint density at radius 3 is 2.16 bits per heavy atom. The molecule has 0 amide bonds. The number of carbonyl (C=O) groups is 1. The van der Waals surface area contributed by atoms with Crippen molar-refractivity contribution >= 4 is 17.4 Å². The molecule has 2 rings (SSSR count). The molecule has 2 N–H and O–H groups in total. The van der Waals surface area contributed by atoms with Crippen LogP contribution < -0.4 is 0 Å². The Kier molecular flexibility index (Phi) is 3.97. The summed E-state index contributed by atoms with van der Waals surface area (Å²) in [7, 11) is 0. The minimum absolute atomic E-state index is 0.137. The number of benzene rings is 2. The van der Waals surface area contributed by atoms with E-state index in [0.29, 0.717) is 5.02 Å². The topological polar surface area (TPSA) is 66.8 Å². The first-order chi connectivity index (χ1) is 9.08. The van der Waals surface area contributed by atoms with Crippen molar-refractivity contribution in [2.75, 3.05) is 0 Å². The van der Waals surface area contributed by atoms with Gasteiger partial charge in [-0.25, -0.2) is 5.26 Å². The third-order valence-electron chi connectivity index (χ3n) is 2.71. The Labute approximate surface area is 114 Å². The summed E-state index contributed by atoms with van der Waals surface area (Å²) in [5, 5.41) is 19.6. The van der Waals surface area contributed by atoms with E-state index < -0.39 is 11.6 Å². The molecular formula is C14H11ClO4. The van der Waals surface area contributed by atoms with Crippen molar-refractivity contribution in [1.29, 1.82) is 0 Å². The average Bonchev–Trinajstić information content (AvgIpc) is 2.47. The molecule has 1 atom stereocenters. The van der Waals surface area contributed by atoms with E-state index in [1.807, 2.05) is 0 Å². The van der Waals surface area contributed by atoms with Crippen LogP contribution in [0.1, 0.15) is 15.9 Å². The fourth-order valence-electron chi connectivity index (χ4n) is 1.69. The van der Waals surface area contributed by atoms with Crippen LogP contribution in [0.2, 0.25) is 5.02 Å². The first-order valence-corrected chi connectivity index (χ1v) is 5.86. The van der Waals surface area contributed by atoms with Crippen molar-refractivity contribution in [3.63, 3.8) is 0 Å². The van der Waals surface area contributed by atoms with E-state index in [9.17, 15) is 9.90 Å². The zero-order valence-corrected chi connectivity index (χ0v) is 10.5. The van der Waals surface area contributed by atoms with Gasteiger partial charge in [-0.1, -0.05) is 41.9 Å². The summed E-state index contributed by atoms with van der Waals surface area (Å²) >= 11 is 5.73. The second-order valence-corrected chi connectivity index (χ2v) is 4.37. The van der Waals surface area contributed by atoms with Gasteiger partial charge in [0.2, 0.25) is 5.78 Å². The van der Waals surface area contributed by atoms with E-state index in [2.05, 4.69) is 4.89 Å². The van der Waals surface area contributed by atoms with E-state index in [1.54, 1.807) is 18.2 Å². The Hall–Kier alpha value is -1.72. The SMILES string of the molecule is O=C(c1ccc(Cl)cc1)C(O)(OO)c1ccccc1. The summed E-state index contributed by atoms with van der Waals surface area (Å²) in [6.07, 6.45) is 0. The molecule has 0 bridgehead atoms. The van der Waals surface area contributed by atoms with Gasteiger partial charge in [-0.15, -0.1) is 0 Å². The number of Topliss-reactive ketones (excluding diaryl/α,β-unsaturated/α-hetero) is 1. The van der Waals surface area contributed by atoms with Gasteiger partial charge in [-0.3, -0.25) is 4.79 Å². The normalized spacial score (nSPS) is 13.8. The van der Waals surface area contributed by atoms with Crippen LogP contribution in [0.5, 0.6) is 0 Å². The van der Waals surface area contributed by atoms with Gasteiger partial charge in [0.25, 0.3) is 5.79 Å². The minimum Gasteiger partial charge on any atom is -0.354 e. The smallest absolute Gasteiger partial charge is 0.289 e. The fourth-order valence-corrected chi connectivity index (χ4v) is 1.81. The maximum Gasteiger partial charge on any atom is 0.289 e. The predicted molar refractivity (Wildman–Crippen MR) is 69.8 cm³/mol. The van der Waals surface area contributed by atoms with E-state index >= 15 is 0 Å². The lowest BCUT2D eigenvalue weighted by molar-refractivity contribution is -0.375. The molecule has 0 fully saturated rings. The highest BCUT2D eigenvalue weighted by molar-refractivity contribution is 6.30. The second kappa shape index (κ2) is 5.50. The molecule has 0 spiro atoms. The zero-order chi connectivity index (χ0) is 13.9. The highest BCUT2D eigenvalue weighted by atomic mass is 35.5. The first-order valence-electron chi connectivity index (χ1n) is 5.49. The third kappa shape index (κ3) is 2.67. The Morgan fingerprint density at radius 2 is 1.63 bits per heavy atom. The molecular weight excluding hydrogens is 268 g/mol. The standard InChI is InChI=1S/C14H11ClO4/c15-12-8-6-10(7-9-12)13(16)14(17,19-18)11-4-2-1-3-5-11/h1-9,17-18H. The molecule has 4 nitrogen and oxygen atoms in total. The molecule has 98 valence electrons. The van der Waals surface area contributed by atoms with Crippen molar-refractivity contribution in [1.82, 2.24) is 0 Å². The van der Waals surface area contributed by atoms with Crippen LogP contribution in [-0.4, -0.2) is 16.1 Å². The Morgan fingerprint density at radius 1 is 1.05 bits per heavy atom. The highest BCUT2D eigenvalue weighted by Gasteiger charge is 2.40. The summed E-state index contributed by atoms with van der Waals surface area (Å²) in [5.74, 6) is -3.22. The molecule has 0 aliphatic rings. The number of hydrogen-bond acceptors (Lipinski definition) is 4. The Balaban J connectivity index is 2.41. The van der Waals surface area contributed by atoms with E-state index in [0.717, 1.165) is 0 Å². The number of hydrogen-bond donors (Lipinski definition) is 2. The highest BCUT2D eigenvalue weighted by Crippen LogP contribution is 2.26. The quantitative estimate of drug-likeness (QED) is 0.391. The van der Waals surface area contributed by atoms with Crippen LogP contribution >= 0.6 is 11.6 Å². The molecule has 5 heteroatoms. The monoisotopic (exact) mass is 278 g/mol. The summed E-state index contributed by atoms with van der Waals surface area (Å²) in [6, 6.07) is 13.8. The minimum atomic E-state index is -2.44. The molecule has 0 radical (unpaired) electrons. The van der Waals surface area contributed by atoms with Crippen molar-refractivity contribution < 1.29 is 20.0 Å². The zero-order valence-electron chi connectivity index (χ0n) is 9.79. The molecule has 0 aromatic heterocycles. The largest absolute Gasteiger partial charge is 0.354 e. The average molecular weight is 279 g/mol. The van der Waals surface area contributed by atoms with Crippen molar-refractivity contribution in [2.45, 2.75) is 5.79 Å². The molecule has 0 aliphatic heterocycles. The van der Waals surface area contributed by atoms with Gasteiger partial charge in [0.15, 0.2) is 0 Å². The molecule has 1 unspecified atom stereocenters. The van der Waals surface area contributed by atoms with Crippen molar-refractivity contribution in [3.05, 3.63) is 70.7 Å². The predicted octanol–water partition coefficient (Wildman–Crippen LogP) is 2.86. The number of aliphatic hydroxyl groups is 1. The number of ketones is 1. The van der Waals surface area contributed by atoms with E-state index in [4.69, 9.17) is 16.9 Å². The summed E-state index contributed by atoms with van der Waals surface area (Å²) in [5.41, 5.74) is 0.308. The number of carbonyl (C=O) groups excluding carboxylic acids is 1. The van der Waals surface area contributed by atoms with Crippen LogP contribution in [0, 0.1) is 0 Å². The first kappa shape index (κ1) is 13.7. The number of rotatable bonds is 4. The summed E-state index contributed by atoms with van der Waals surface area (Å²) in [4.78, 5) is 16.3. The maximum atomic E-state index is 12.2. The lowest BCUT2D eigenvalue weighted by atomic mass is 9.96. The van der Waals surface area contributed by atoms with Crippen LogP contribution in [-0.2, 0) is 10.7 Å². The molecule has 2 aromatic rings. The second-order valence-electron chi connectivity index (χ2n) is 3.94. The molecule has 0 aliphatic carbocycles. The van der Waals surface area contributed by atoms with Gasteiger partial charge in [0.1, 0.15) is 0 Å². The van der Waals surface area contributed by atoms with Crippen LogP contribution in [0.25, 0.3) is 0 Å². The van der Waals surface area contributed by atoms with Gasteiger partial charge in [0.05, 0.1) is 0 Å². The van der Waals surface area contributed by atoms with E-state index in [-0.39, 0.29) is 11.1 Å². The maximum absolute atomic E-state index is 12.2. The molecule has 0 saturated heterocycles. The van der Waals surface area contributed by atoms with Crippen molar-refractivity contribution in [2.24, 2.45) is 0 Å². The fraction of sp³-hybridized carbons (Fsp3) is 0.0714. The van der Waals surface area contributed by atoms with E-state index in [1.165, 1.54) is 36.4 Å². The summed E-state index contributed by atoms with van der Waals surface area (Å²) in [6.45, 7) is 0. The Bertz CT molecular complexity index is 568. The van der Waals surface area contributed by atoms with Crippen LogP contribution in [0.3, 0.4) is 0 Å². The van der Waals surface area contributed by atoms with Gasteiger partial charge >= 0.3 is 0 Å². The lowest BCUT2D eigenvalue weighted by Crippen LogP contribution is -2.37. The van der Waals surface area contributed by atoms with Gasteiger partial charge in [-0.05, 0) is 24.3 Å². The molecule has 0 saturated carbocycles. The van der Waals surface area contributed by atoms with Crippen LogP contribution in [0.15, 0.2) is 54.6 Å².